The number of sulfonamides is 1. The zero-order chi connectivity index (χ0) is 16.7. The Morgan fingerprint density at radius 1 is 1.32 bits per heavy atom. The molecule has 2 rings (SSSR count). The molecular formula is C14H16F3NO3S. The lowest BCUT2D eigenvalue weighted by Crippen LogP contribution is -2.36. The first-order chi connectivity index (χ1) is 10.0. The fourth-order valence-corrected chi connectivity index (χ4v) is 2.80. The molecule has 8 heteroatoms. The third-order valence-electron chi connectivity index (χ3n) is 3.63. The van der Waals surface area contributed by atoms with Gasteiger partial charge in [-0.15, -0.1) is 0 Å². The molecule has 0 aliphatic heterocycles. The predicted octanol–water partition coefficient (Wildman–Crippen LogP) is 2.66. The first-order valence-corrected chi connectivity index (χ1v) is 8.29. The number of benzene rings is 1. The van der Waals surface area contributed by atoms with E-state index in [0.29, 0.717) is 12.0 Å². The molecule has 0 spiro atoms. The maximum absolute atomic E-state index is 12.7. The normalized spacial score (nSPS) is 21.7. The van der Waals surface area contributed by atoms with Crippen molar-refractivity contribution in [2.45, 2.75) is 37.6 Å². The minimum absolute atomic E-state index is 0.348. The lowest BCUT2D eigenvalue weighted by atomic mass is 10.1. The van der Waals surface area contributed by atoms with Gasteiger partial charge in [0.25, 0.3) is 0 Å². The summed E-state index contributed by atoms with van der Waals surface area (Å²) in [5.41, 5.74) is -0.372. The van der Waals surface area contributed by atoms with Gasteiger partial charge in [0.15, 0.2) is 0 Å². The molecule has 0 bridgehead atoms. The van der Waals surface area contributed by atoms with Gasteiger partial charge in [-0.3, -0.25) is 9.52 Å². The second kappa shape index (κ2) is 5.57. The Balaban J connectivity index is 2.08. The summed E-state index contributed by atoms with van der Waals surface area (Å²) in [5, 5.41) is -0.748. The van der Waals surface area contributed by atoms with Crippen LogP contribution in [-0.2, 0) is 21.0 Å². The van der Waals surface area contributed by atoms with Gasteiger partial charge in [0.2, 0.25) is 15.9 Å². The molecule has 0 saturated heterocycles. The Kier molecular flexibility index (Phi) is 4.25. The van der Waals surface area contributed by atoms with E-state index in [1.54, 1.807) is 0 Å². The number of carbonyl (C=O) groups is 1. The number of amides is 1. The molecule has 1 amide bonds. The smallest absolute Gasteiger partial charge is 0.274 e. The summed E-state index contributed by atoms with van der Waals surface area (Å²) in [5.74, 6) is -1.63. The molecule has 1 aliphatic carbocycles. The molecule has 2 atom stereocenters. The van der Waals surface area contributed by atoms with Crippen LogP contribution < -0.4 is 4.72 Å². The molecule has 1 N–H and O–H groups in total. The van der Waals surface area contributed by atoms with E-state index in [1.807, 2.05) is 4.72 Å². The van der Waals surface area contributed by atoms with Gasteiger partial charge in [0, 0.05) is 5.92 Å². The predicted molar refractivity (Wildman–Crippen MR) is 74.5 cm³/mol. The van der Waals surface area contributed by atoms with E-state index in [0.717, 1.165) is 12.1 Å². The second-order valence-electron chi connectivity index (χ2n) is 5.63. The molecule has 1 fully saturated rings. The summed E-state index contributed by atoms with van der Waals surface area (Å²) < 4.78 is 63.2. The Hall–Kier alpha value is -1.57. The molecule has 0 aromatic heterocycles. The molecule has 4 nitrogen and oxygen atoms in total. The third-order valence-corrected chi connectivity index (χ3v) is 5.36. The highest BCUT2D eigenvalue weighted by molar-refractivity contribution is 7.90. The van der Waals surface area contributed by atoms with Crippen LogP contribution in [0.4, 0.5) is 13.2 Å². The average molecular weight is 335 g/mol. The highest BCUT2D eigenvalue weighted by atomic mass is 32.2. The van der Waals surface area contributed by atoms with E-state index in [9.17, 15) is 26.4 Å². The standard InChI is InChI=1S/C14H16F3NO3S/c1-8(2)22(20,21)18-13(19)12-7-11(12)9-4-3-5-10(6-9)14(15,16)17/h3-6,8,11-12H,7H2,1-2H3,(H,18,19). The van der Waals surface area contributed by atoms with Gasteiger partial charge in [-0.25, -0.2) is 8.42 Å². The van der Waals surface area contributed by atoms with E-state index < -0.39 is 38.8 Å². The van der Waals surface area contributed by atoms with E-state index in [1.165, 1.54) is 26.0 Å². The maximum atomic E-state index is 12.7. The van der Waals surface area contributed by atoms with Crippen LogP contribution in [0.5, 0.6) is 0 Å². The number of alkyl halides is 3. The van der Waals surface area contributed by atoms with Crippen molar-refractivity contribution in [3.63, 3.8) is 0 Å². The Labute approximate surface area is 126 Å². The SMILES string of the molecule is CC(C)S(=O)(=O)NC(=O)C1CC1c1cccc(C(F)(F)F)c1. The molecule has 1 aromatic rings. The summed E-state index contributed by atoms with van der Waals surface area (Å²) in [6, 6.07) is 4.78. The Bertz CT molecular complexity index is 683. The van der Waals surface area contributed by atoms with Gasteiger partial charge >= 0.3 is 6.18 Å². The maximum Gasteiger partial charge on any atom is 0.416 e. The van der Waals surface area contributed by atoms with Gasteiger partial charge in [0.1, 0.15) is 0 Å². The van der Waals surface area contributed by atoms with Crippen LogP contribution in [0.15, 0.2) is 24.3 Å². The lowest BCUT2D eigenvalue weighted by molar-refractivity contribution is -0.137. The number of hydrogen-bond acceptors (Lipinski definition) is 3. The fraction of sp³-hybridized carbons (Fsp3) is 0.500. The van der Waals surface area contributed by atoms with Crippen LogP contribution in [0.2, 0.25) is 0 Å². The monoisotopic (exact) mass is 335 g/mol. The molecule has 1 aliphatic rings. The van der Waals surface area contributed by atoms with Crippen molar-refractivity contribution in [2.24, 2.45) is 5.92 Å². The van der Waals surface area contributed by atoms with Crippen molar-refractivity contribution < 1.29 is 26.4 Å². The number of halogens is 3. The summed E-state index contributed by atoms with van der Waals surface area (Å²) in [7, 11) is -3.72. The van der Waals surface area contributed by atoms with Gasteiger partial charge in [-0.05, 0) is 37.8 Å². The average Bonchev–Trinajstić information content (AvgIpc) is 3.17. The molecule has 1 saturated carbocycles. The minimum atomic E-state index is -4.44. The van der Waals surface area contributed by atoms with Gasteiger partial charge < -0.3 is 0 Å². The fourth-order valence-electron chi connectivity index (χ4n) is 2.13. The summed E-state index contributed by atoms with van der Waals surface area (Å²) in [4.78, 5) is 11.9. The first kappa shape index (κ1) is 16.8. The first-order valence-electron chi connectivity index (χ1n) is 6.75. The zero-order valence-electron chi connectivity index (χ0n) is 12.0. The zero-order valence-corrected chi connectivity index (χ0v) is 12.8. The summed E-state index contributed by atoms with van der Waals surface area (Å²) >= 11 is 0. The van der Waals surface area contributed by atoms with Crippen molar-refractivity contribution in [2.75, 3.05) is 0 Å². The lowest BCUT2D eigenvalue weighted by Gasteiger charge is -2.10. The Morgan fingerprint density at radius 2 is 1.95 bits per heavy atom. The molecule has 1 aromatic carbocycles. The molecule has 22 heavy (non-hydrogen) atoms. The molecular weight excluding hydrogens is 319 g/mol. The molecule has 0 heterocycles. The summed E-state index contributed by atoms with van der Waals surface area (Å²) in [6.45, 7) is 2.87. The number of carbonyl (C=O) groups excluding carboxylic acids is 1. The van der Waals surface area contributed by atoms with Gasteiger partial charge in [-0.1, -0.05) is 18.2 Å². The largest absolute Gasteiger partial charge is 0.416 e. The molecule has 122 valence electrons. The van der Waals surface area contributed by atoms with E-state index in [-0.39, 0.29) is 5.92 Å². The summed E-state index contributed by atoms with van der Waals surface area (Å²) in [6.07, 6.45) is -4.09. The quantitative estimate of drug-likeness (QED) is 0.920. The highest BCUT2D eigenvalue weighted by Crippen LogP contribution is 2.48. The van der Waals surface area contributed by atoms with E-state index >= 15 is 0 Å². The van der Waals surface area contributed by atoms with Gasteiger partial charge in [0.05, 0.1) is 10.8 Å². The van der Waals surface area contributed by atoms with E-state index in [2.05, 4.69) is 0 Å². The van der Waals surface area contributed by atoms with Crippen LogP contribution in [0.3, 0.4) is 0 Å². The minimum Gasteiger partial charge on any atom is -0.274 e. The second-order valence-corrected chi connectivity index (χ2v) is 7.87. The van der Waals surface area contributed by atoms with Crippen molar-refractivity contribution >= 4 is 15.9 Å². The van der Waals surface area contributed by atoms with Crippen molar-refractivity contribution in [3.05, 3.63) is 35.4 Å². The van der Waals surface area contributed by atoms with Crippen LogP contribution in [0, 0.1) is 5.92 Å². The van der Waals surface area contributed by atoms with Crippen LogP contribution in [0.1, 0.15) is 37.3 Å². The topological polar surface area (TPSA) is 63.2 Å². The van der Waals surface area contributed by atoms with Gasteiger partial charge in [-0.2, -0.15) is 13.2 Å². The Morgan fingerprint density at radius 3 is 2.50 bits per heavy atom. The third kappa shape index (κ3) is 3.60. The molecule has 0 radical (unpaired) electrons. The number of nitrogens with one attached hydrogen (secondary N) is 1. The number of rotatable bonds is 4. The highest BCUT2D eigenvalue weighted by Gasteiger charge is 2.45. The number of hydrogen-bond donors (Lipinski definition) is 1. The molecule has 2 unspecified atom stereocenters. The van der Waals surface area contributed by atoms with Crippen LogP contribution in [-0.4, -0.2) is 19.6 Å². The van der Waals surface area contributed by atoms with Crippen molar-refractivity contribution in [3.8, 4) is 0 Å². The van der Waals surface area contributed by atoms with E-state index in [4.69, 9.17) is 0 Å². The van der Waals surface area contributed by atoms with Crippen LogP contribution in [0.25, 0.3) is 0 Å². The van der Waals surface area contributed by atoms with Crippen molar-refractivity contribution in [1.29, 1.82) is 0 Å². The van der Waals surface area contributed by atoms with Crippen molar-refractivity contribution in [1.82, 2.24) is 4.72 Å². The van der Waals surface area contributed by atoms with Crippen LogP contribution >= 0.6 is 0 Å².